The molecule has 0 radical (unpaired) electrons. The predicted molar refractivity (Wildman–Crippen MR) is 61.9 cm³/mol. The van der Waals surface area contributed by atoms with E-state index in [1.165, 1.54) is 6.42 Å². The van der Waals surface area contributed by atoms with Gasteiger partial charge in [0.2, 0.25) is 0 Å². The number of rotatable bonds is 5. The maximum atomic E-state index is 10.1. The summed E-state index contributed by atoms with van der Waals surface area (Å²) in [6.45, 7) is 6.63. The average Bonchev–Trinajstić information content (AvgIpc) is 2.61. The molecule has 90 valence electrons. The zero-order valence-electron chi connectivity index (χ0n) is 10.4. The largest absolute Gasteiger partial charge is 0.389 e. The minimum absolute atomic E-state index is 0.271. The molecule has 0 spiro atoms. The molecule has 0 saturated heterocycles. The van der Waals surface area contributed by atoms with Gasteiger partial charge in [0, 0.05) is 19.7 Å². The third-order valence-corrected chi connectivity index (χ3v) is 3.72. The van der Waals surface area contributed by atoms with E-state index in [9.17, 15) is 5.11 Å². The Bertz CT molecular complexity index is 192. The summed E-state index contributed by atoms with van der Waals surface area (Å²) in [6, 6.07) is 0.417. The molecular formula is C12H25NO2. The fourth-order valence-corrected chi connectivity index (χ4v) is 1.98. The van der Waals surface area contributed by atoms with E-state index in [0.29, 0.717) is 18.7 Å². The normalized spacial score (nSPS) is 30.8. The molecule has 1 aliphatic carbocycles. The van der Waals surface area contributed by atoms with Crippen LogP contribution in [0.5, 0.6) is 0 Å². The molecule has 0 heterocycles. The highest BCUT2D eigenvalue weighted by molar-refractivity contribution is 4.87. The number of ether oxygens (including phenoxy) is 1. The number of aliphatic hydroxyl groups is 1. The summed E-state index contributed by atoms with van der Waals surface area (Å²) in [5.74, 6) is 0.271. The van der Waals surface area contributed by atoms with E-state index in [0.717, 1.165) is 12.8 Å². The van der Waals surface area contributed by atoms with Gasteiger partial charge < -0.3 is 15.2 Å². The van der Waals surface area contributed by atoms with E-state index in [2.05, 4.69) is 5.32 Å². The van der Waals surface area contributed by atoms with Gasteiger partial charge in [-0.15, -0.1) is 0 Å². The molecule has 0 aromatic heterocycles. The fourth-order valence-electron chi connectivity index (χ4n) is 1.98. The molecule has 1 rings (SSSR count). The van der Waals surface area contributed by atoms with Crippen molar-refractivity contribution in [2.75, 3.05) is 13.7 Å². The standard InChI is InChI=1S/C12H25NO2/c1-9(2)12(3,14)8-13-10-6-5-7-11(10)15-4/h9-11,13-14H,5-8H2,1-4H3. The first kappa shape index (κ1) is 12.9. The topological polar surface area (TPSA) is 41.5 Å². The van der Waals surface area contributed by atoms with E-state index in [1.54, 1.807) is 7.11 Å². The smallest absolute Gasteiger partial charge is 0.0766 e. The maximum Gasteiger partial charge on any atom is 0.0766 e. The minimum Gasteiger partial charge on any atom is -0.389 e. The van der Waals surface area contributed by atoms with Crippen molar-refractivity contribution in [3.05, 3.63) is 0 Å². The van der Waals surface area contributed by atoms with Gasteiger partial charge in [-0.3, -0.25) is 0 Å². The van der Waals surface area contributed by atoms with E-state index < -0.39 is 5.60 Å². The first-order chi connectivity index (χ1) is 6.97. The van der Waals surface area contributed by atoms with Crippen molar-refractivity contribution in [3.63, 3.8) is 0 Å². The SMILES string of the molecule is COC1CCCC1NCC(C)(O)C(C)C. The highest BCUT2D eigenvalue weighted by Crippen LogP contribution is 2.23. The van der Waals surface area contributed by atoms with Crippen molar-refractivity contribution in [2.45, 2.75) is 57.8 Å². The molecule has 0 bridgehead atoms. The van der Waals surface area contributed by atoms with Gasteiger partial charge in [0.25, 0.3) is 0 Å². The Hall–Kier alpha value is -0.120. The van der Waals surface area contributed by atoms with Crippen LogP contribution in [0.15, 0.2) is 0 Å². The lowest BCUT2D eigenvalue weighted by Gasteiger charge is -2.30. The van der Waals surface area contributed by atoms with Crippen molar-refractivity contribution in [3.8, 4) is 0 Å². The number of hydrogen-bond acceptors (Lipinski definition) is 3. The first-order valence-electron chi connectivity index (χ1n) is 5.96. The molecule has 0 aromatic rings. The van der Waals surface area contributed by atoms with Crippen LogP contribution in [-0.2, 0) is 4.74 Å². The summed E-state index contributed by atoms with van der Waals surface area (Å²) in [5.41, 5.74) is -0.624. The van der Waals surface area contributed by atoms with Crippen molar-refractivity contribution >= 4 is 0 Å². The highest BCUT2D eigenvalue weighted by Gasteiger charge is 2.30. The maximum absolute atomic E-state index is 10.1. The molecule has 3 atom stereocenters. The predicted octanol–water partition coefficient (Wildman–Crippen LogP) is 1.55. The van der Waals surface area contributed by atoms with Crippen LogP contribution in [0.25, 0.3) is 0 Å². The first-order valence-corrected chi connectivity index (χ1v) is 5.96. The Morgan fingerprint density at radius 2 is 2.13 bits per heavy atom. The van der Waals surface area contributed by atoms with Crippen LogP contribution in [0.4, 0.5) is 0 Å². The molecule has 0 amide bonds. The third-order valence-electron chi connectivity index (χ3n) is 3.72. The van der Waals surface area contributed by atoms with Gasteiger partial charge in [-0.25, -0.2) is 0 Å². The molecule has 15 heavy (non-hydrogen) atoms. The van der Waals surface area contributed by atoms with Crippen LogP contribution in [0, 0.1) is 5.92 Å². The lowest BCUT2D eigenvalue weighted by molar-refractivity contribution is 0.00468. The van der Waals surface area contributed by atoms with Gasteiger partial charge in [0.1, 0.15) is 0 Å². The monoisotopic (exact) mass is 215 g/mol. The molecule has 1 aliphatic rings. The summed E-state index contributed by atoms with van der Waals surface area (Å²) >= 11 is 0. The van der Waals surface area contributed by atoms with Crippen molar-refractivity contribution in [1.29, 1.82) is 0 Å². The van der Waals surface area contributed by atoms with Gasteiger partial charge >= 0.3 is 0 Å². The molecule has 2 N–H and O–H groups in total. The molecule has 1 saturated carbocycles. The van der Waals surface area contributed by atoms with Crippen LogP contribution < -0.4 is 5.32 Å². The molecule has 1 fully saturated rings. The van der Waals surface area contributed by atoms with Gasteiger partial charge in [0.05, 0.1) is 11.7 Å². The summed E-state index contributed by atoms with van der Waals surface area (Å²) in [7, 11) is 1.77. The quantitative estimate of drug-likeness (QED) is 0.731. The van der Waals surface area contributed by atoms with Crippen molar-refractivity contribution < 1.29 is 9.84 Å². The Balaban J connectivity index is 2.36. The van der Waals surface area contributed by atoms with Crippen LogP contribution in [0.2, 0.25) is 0 Å². The van der Waals surface area contributed by atoms with E-state index in [1.807, 2.05) is 20.8 Å². The van der Waals surface area contributed by atoms with Crippen LogP contribution in [0.3, 0.4) is 0 Å². The van der Waals surface area contributed by atoms with Crippen LogP contribution in [0.1, 0.15) is 40.0 Å². The summed E-state index contributed by atoms with van der Waals surface area (Å²) < 4.78 is 5.41. The van der Waals surface area contributed by atoms with E-state index in [4.69, 9.17) is 4.74 Å². The van der Waals surface area contributed by atoms with Crippen molar-refractivity contribution in [2.24, 2.45) is 5.92 Å². The summed E-state index contributed by atoms with van der Waals surface area (Å²) in [5, 5.41) is 13.5. The van der Waals surface area contributed by atoms with Gasteiger partial charge in [0.15, 0.2) is 0 Å². The Kier molecular flexibility index (Phi) is 4.56. The van der Waals surface area contributed by atoms with E-state index >= 15 is 0 Å². The van der Waals surface area contributed by atoms with E-state index in [-0.39, 0.29) is 5.92 Å². The zero-order chi connectivity index (χ0) is 11.5. The summed E-state index contributed by atoms with van der Waals surface area (Å²) in [6.07, 6.45) is 3.85. The second kappa shape index (κ2) is 5.28. The fraction of sp³-hybridized carbons (Fsp3) is 1.00. The molecule has 0 aliphatic heterocycles. The lowest BCUT2D eigenvalue weighted by atomic mass is 9.92. The van der Waals surface area contributed by atoms with Gasteiger partial charge in [-0.2, -0.15) is 0 Å². The zero-order valence-corrected chi connectivity index (χ0v) is 10.4. The Morgan fingerprint density at radius 1 is 1.47 bits per heavy atom. The van der Waals surface area contributed by atoms with Gasteiger partial charge in [-0.1, -0.05) is 13.8 Å². The minimum atomic E-state index is -0.624. The third kappa shape index (κ3) is 3.44. The van der Waals surface area contributed by atoms with Crippen LogP contribution in [-0.4, -0.2) is 36.5 Å². The molecule has 3 nitrogen and oxygen atoms in total. The molecular weight excluding hydrogens is 190 g/mol. The number of nitrogens with one attached hydrogen (secondary N) is 1. The molecule has 0 aromatic carbocycles. The molecule has 3 heteroatoms. The second-order valence-corrected chi connectivity index (χ2v) is 5.20. The van der Waals surface area contributed by atoms with Crippen LogP contribution >= 0.6 is 0 Å². The summed E-state index contributed by atoms with van der Waals surface area (Å²) in [4.78, 5) is 0. The Labute approximate surface area is 93.2 Å². The number of methoxy groups -OCH3 is 1. The van der Waals surface area contributed by atoms with Crippen molar-refractivity contribution in [1.82, 2.24) is 5.32 Å². The highest BCUT2D eigenvalue weighted by atomic mass is 16.5. The average molecular weight is 215 g/mol. The lowest BCUT2D eigenvalue weighted by Crippen LogP contribution is -2.48. The van der Waals surface area contributed by atoms with Gasteiger partial charge in [-0.05, 0) is 32.1 Å². The Morgan fingerprint density at radius 3 is 2.67 bits per heavy atom. The molecule has 3 unspecified atom stereocenters. The number of hydrogen-bond donors (Lipinski definition) is 2. The second-order valence-electron chi connectivity index (χ2n) is 5.20.